The predicted octanol–water partition coefficient (Wildman–Crippen LogP) is 2.78. The number of benzene rings is 1. The van der Waals surface area contributed by atoms with Crippen LogP contribution in [0.15, 0.2) is 57.0 Å². The Morgan fingerprint density at radius 2 is 2.09 bits per heavy atom. The summed E-state index contributed by atoms with van der Waals surface area (Å²) in [6, 6.07) is 12.7. The average molecular weight is 324 g/mol. The monoisotopic (exact) mass is 324 g/mol. The highest BCUT2D eigenvalue weighted by Gasteiger charge is 2.15. The molecule has 7 heteroatoms. The maximum absolute atomic E-state index is 12.1. The molecule has 2 aromatic heterocycles. The van der Waals surface area contributed by atoms with Gasteiger partial charge in [-0.15, -0.1) is 0 Å². The summed E-state index contributed by atoms with van der Waals surface area (Å²) in [4.78, 5) is 19.0. The van der Waals surface area contributed by atoms with Crippen molar-refractivity contribution in [3.05, 3.63) is 64.1 Å². The summed E-state index contributed by atoms with van der Waals surface area (Å²) in [6.45, 7) is 0. The van der Waals surface area contributed by atoms with E-state index in [1.165, 1.54) is 18.0 Å². The minimum absolute atomic E-state index is 0.0585. The Hall–Kier alpha value is -2.98. The van der Waals surface area contributed by atoms with Gasteiger partial charge in [0.25, 0.3) is 5.56 Å². The number of nitriles is 1. The fraction of sp³-hybridized carbons (Fsp3) is 0.0625. The number of nitrogens with two attached hydrogens (primary N) is 1. The number of H-pyrrole nitrogens is 1. The molecule has 2 heterocycles. The summed E-state index contributed by atoms with van der Waals surface area (Å²) in [6.07, 6.45) is 1.47. The van der Waals surface area contributed by atoms with Crippen LogP contribution in [0.2, 0.25) is 0 Å². The fourth-order valence-corrected chi connectivity index (χ4v) is 2.80. The van der Waals surface area contributed by atoms with Gasteiger partial charge in [-0.05, 0) is 29.8 Å². The Labute approximate surface area is 136 Å². The van der Waals surface area contributed by atoms with E-state index >= 15 is 0 Å². The molecule has 1 aromatic carbocycles. The lowest BCUT2D eigenvalue weighted by atomic mass is 10.2. The molecule has 0 aliphatic rings. The van der Waals surface area contributed by atoms with Crippen LogP contribution in [0.5, 0.6) is 0 Å². The Bertz CT molecular complexity index is 909. The fourth-order valence-electron chi connectivity index (χ4n) is 1.98. The molecule has 0 aliphatic carbocycles. The average Bonchev–Trinajstić information content (AvgIpc) is 3.08. The molecule has 0 unspecified atom stereocenters. The molecule has 0 amide bonds. The van der Waals surface area contributed by atoms with E-state index in [1.54, 1.807) is 12.1 Å². The lowest BCUT2D eigenvalue weighted by Gasteiger charge is -2.05. The topological polar surface area (TPSA) is 109 Å². The molecule has 3 N–H and O–H groups in total. The van der Waals surface area contributed by atoms with E-state index in [0.29, 0.717) is 22.4 Å². The number of thioether (sulfide) groups is 1. The standard InChI is InChI=1S/C16H12N4O2S/c17-8-12-14(13-2-1-7-22-13)19-16(20-15(12)21)23-9-10-3-5-11(18)6-4-10/h1-7H,9,18H2,(H,19,20,21). The highest BCUT2D eigenvalue weighted by Crippen LogP contribution is 2.24. The molecule has 114 valence electrons. The van der Waals surface area contributed by atoms with Gasteiger partial charge >= 0.3 is 0 Å². The van der Waals surface area contributed by atoms with Gasteiger partial charge in [0.1, 0.15) is 17.3 Å². The molecule has 0 spiro atoms. The van der Waals surface area contributed by atoms with Crippen molar-refractivity contribution in [1.82, 2.24) is 9.97 Å². The Morgan fingerprint density at radius 1 is 1.30 bits per heavy atom. The lowest BCUT2D eigenvalue weighted by Crippen LogP contribution is -2.14. The van der Waals surface area contributed by atoms with Crippen LogP contribution in [0.3, 0.4) is 0 Å². The van der Waals surface area contributed by atoms with Crippen LogP contribution in [0.25, 0.3) is 11.5 Å². The summed E-state index contributed by atoms with van der Waals surface area (Å²) in [5.41, 5.74) is 7.12. The van der Waals surface area contributed by atoms with E-state index in [1.807, 2.05) is 30.3 Å². The summed E-state index contributed by atoms with van der Waals surface area (Å²) in [5, 5.41) is 9.58. The van der Waals surface area contributed by atoms with Crippen LogP contribution in [0.4, 0.5) is 5.69 Å². The molecule has 0 saturated carbocycles. The molecule has 0 aliphatic heterocycles. The maximum Gasteiger partial charge on any atom is 0.270 e. The van der Waals surface area contributed by atoms with Crippen molar-refractivity contribution in [3.63, 3.8) is 0 Å². The van der Waals surface area contributed by atoms with Crippen molar-refractivity contribution in [2.24, 2.45) is 0 Å². The number of rotatable bonds is 4. The normalized spacial score (nSPS) is 10.4. The van der Waals surface area contributed by atoms with Gasteiger partial charge in [0.15, 0.2) is 10.9 Å². The largest absolute Gasteiger partial charge is 0.463 e. The molecule has 0 bridgehead atoms. The van der Waals surface area contributed by atoms with E-state index in [2.05, 4.69) is 9.97 Å². The maximum atomic E-state index is 12.1. The molecule has 0 saturated heterocycles. The van der Waals surface area contributed by atoms with Crippen LogP contribution in [-0.2, 0) is 5.75 Å². The number of nitrogen functional groups attached to an aromatic ring is 1. The molecule has 3 rings (SSSR count). The predicted molar refractivity (Wildman–Crippen MR) is 87.7 cm³/mol. The second kappa shape index (κ2) is 6.42. The lowest BCUT2D eigenvalue weighted by molar-refractivity contribution is 0.578. The van der Waals surface area contributed by atoms with Gasteiger partial charge in [0.2, 0.25) is 0 Å². The molecule has 3 aromatic rings. The van der Waals surface area contributed by atoms with Crippen molar-refractivity contribution in [2.75, 3.05) is 5.73 Å². The third kappa shape index (κ3) is 3.27. The number of hydrogen-bond donors (Lipinski definition) is 2. The zero-order valence-electron chi connectivity index (χ0n) is 11.9. The first-order chi connectivity index (χ1) is 11.2. The summed E-state index contributed by atoms with van der Waals surface area (Å²) in [5.74, 6) is 1.01. The van der Waals surface area contributed by atoms with E-state index in [0.717, 1.165) is 5.56 Å². The second-order valence-corrected chi connectivity index (χ2v) is 5.68. The van der Waals surface area contributed by atoms with Crippen LogP contribution in [0.1, 0.15) is 11.1 Å². The Morgan fingerprint density at radius 3 is 2.74 bits per heavy atom. The van der Waals surface area contributed by atoms with E-state index in [4.69, 9.17) is 15.4 Å². The van der Waals surface area contributed by atoms with Crippen molar-refractivity contribution in [3.8, 4) is 17.5 Å². The molecule has 23 heavy (non-hydrogen) atoms. The van der Waals surface area contributed by atoms with Gasteiger partial charge in [0, 0.05) is 11.4 Å². The van der Waals surface area contributed by atoms with Crippen LogP contribution in [-0.4, -0.2) is 9.97 Å². The van der Waals surface area contributed by atoms with Gasteiger partial charge in [-0.2, -0.15) is 5.26 Å². The first-order valence-electron chi connectivity index (χ1n) is 6.73. The van der Waals surface area contributed by atoms with Crippen molar-refractivity contribution >= 4 is 17.4 Å². The van der Waals surface area contributed by atoms with Gasteiger partial charge in [-0.3, -0.25) is 4.79 Å². The molecule has 0 radical (unpaired) electrons. The molecular weight excluding hydrogens is 312 g/mol. The third-order valence-electron chi connectivity index (χ3n) is 3.12. The van der Waals surface area contributed by atoms with Crippen LogP contribution >= 0.6 is 11.8 Å². The minimum atomic E-state index is -0.478. The second-order valence-electron chi connectivity index (χ2n) is 4.71. The quantitative estimate of drug-likeness (QED) is 0.434. The number of aromatic nitrogens is 2. The van der Waals surface area contributed by atoms with E-state index in [-0.39, 0.29) is 11.3 Å². The van der Waals surface area contributed by atoms with E-state index in [9.17, 15) is 4.79 Å². The first-order valence-corrected chi connectivity index (χ1v) is 7.71. The number of hydrogen-bond acceptors (Lipinski definition) is 6. The zero-order valence-corrected chi connectivity index (χ0v) is 12.8. The Kier molecular flexibility index (Phi) is 4.17. The molecule has 0 atom stereocenters. The van der Waals surface area contributed by atoms with Crippen molar-refractivity contribution in [1.29, 1.82) is 5.26 Å². The minimum Gasteiger partial charge on any atom is -0.463 e. The highest BCUT2D eigenvalue weighted by molar-refractivity contribution is 7.98. The van der Waals surface area contributed by atoms with Crippen LogP contribution in [0, 0.1) is 11.3 Å². The number of anilines is 1. The van der Waals surface area contributed by atoms with Gasteiger partial charge in [0.05, 0.1) is 6.26 Å². The number of nitrogens with one attached hydrogen (secondary N) is 1. The SMILES string of the molecule is N#Cc1c(-c2ccco2)nc(SCc2ccc(N)cc2)[nH]c1=O. The first kappa shape index (κ1) is 14.9. The van der Waals surface area contributed by atoms with Gasteiger partial charge in [-0.1, -0.05) is 23.9 Å². The highest BCUT2D eigenvalue weighted by atomic mass is 32.2. The van der Waals surface area contributed by atoms with Gasteiger partial charge < -0.3 is 15.1 Å². The zero-order chi connectivity index (χ0) is 16.2. The van der Waals surface area contributed by atoms with E-state index < -0.39 is 5.56 Å². The van der Waals surface area contributed by atoms with Gasteiger partial charge in [-0.25, -0.2) is 4.98 Å². The number of aromatic amines is 1. The van der Waals surface area contributed by atoms with Crippen molar-refractivity contribution < 1.29 is 4.42 Å². The summed E-state index contributed by atoms with van der Waals surface area (Å²) in [7, 11) is 0. The molecule has 0 fully saturated rings. The number of nitrogens with zero attached hydrogens (tertiary/aromatic N) is 2. The molecule has 6 nitrogen and oxygen atoms in total. The summed E-state index contributed by atoms with van der Waals surface area (Å²) < 4.78 is 5.26. The third-order valence-corrected chi connectivity index (χ3v) is 4.06. The Balaban J connectivity index is 1.90. The molecular formula is C16H12N4O2S. The van der Waals surface area contributed by atoms with Crippen LogP contribution < -0.4 is 11.3 Å². The summed E-state index contributed by atoms with van der Waals surface area (Å²) >= 11 is 1.37. The number of furan rings is 1. The van der Waals surface area contributed by atoms with Crippen molar-refractivity contribution in [2.45, 2.75) is 10.9 Å². The smallest absolute Gasteiger partial charge is 0.270 e.